The first-order valence-corrected chi connectivity index (χ1v) is 12.9. The molecule has 2 fully saturated rings. The van der Waals surface area contributed by atoms with Gasteiger partial charge in [-0.3, -0.25) is 19.2 Å². The summed E-state index contributed by atoms with van der Waals surface area (Å²) in [7, 11) is 1.34. The maximum atomic E-state index is 14.0. The Balaban J connectivity index is 1.73. The highest BCUT2D eigenvalue weighted by atomic mass is 16.6. The van der Waals surface area contributed by atoms with Gasteiger partial charge in [0.2, 0.25) is 0 Å². The lowest BCUT2D eigenvalue weighted by Crippen LogP contribution is -2.50. The first kappa shape index (κ1) is 25.5. The molecule has 37 heavy (non-hydrogen) atoms. The van der Waals surface area contributed by atoms with Gasteiger partial charge in [0.25, 0.3) is 0 Å². The van der Waals surface area contributed by atoms with Crippen LogP contribution in [0.4, 0.5) is 0 Å². The van der Waals surface area contributed by atoms with Gasteiger partial charge in [-0.1, -0.05) is 26.8 Å². The highest BCUT2D eigenvalue weighted by Gasteiger charge is 2.66. The van der Waals surface area contributed by atoms with Crippen LogP contribution < -0.4 is 0 Å². The van der Waals surface area contributed by atoms with Crippen LogP contribution in [-0.4, -0.2) is 36.9 Å². The summed E-state index contributed by atoms with van der Waals surface area (Å²) in [6.45, 7) is 7.32. The summed E-state index contributed by atoms with van der Waals surface area (Å²) in [6.07, 6.45) is 7.46. The SMILES string of the molecule is COC(=O)CC1C2(C)CC(=O)C1(C)C1CCC3(C)C(=C1/C=C\C2OC(C)=O)CC(=O)OC3c1ccoc1. The Bertz CT molecular complexity index is 1210. The number of methoxy groups -OCH3 is 1. The number of ether oxygens (including phenoxy) is 3. The average Bonchev–Trinajstić information content (AvgIpc) is 3.44. The van der Waals surface area contributed by atoms with Gasteiger partial charge in [0.1, 0.15) is 18.0 Å². The van der Waals surface area contributed by atoms with Gasteiger partial charge in [0.15, 0.2) is 0 Å². The molecule has 7 atom stereocenters. The molecule has 0 aromatic carbocycles. The lowest BCUT2D eigenvalue weighted by molar-refractivity contribution is -0.162. The number of rotatable bonds is 4. The summed E-state index contributed by atoms with van der Waals surface area (Å²) in [5, 5.41) is 0. The van der Waals surface area contributed by atoms with Gasteiger partial charge < -0.3 is 18.6 Å². The maximum absolute atomic E-state index is 14.0. The van der Waals surface area contributed by atoms with Crippen LogP contribution >= 0.6 is 0 Å². The predicted molar refractivity (Wildman–Crippen MR) is 131 cm³/mol. The molecule has 1 saturated heterocycles. The van der Waals surface area contributed by atoms with Crippen molar-refractivity contribution < 1.29 is 37.8 Å². The number of hydrogen-bond acceptors (Lipinski definition) is 8. The van der Waals surface area contributed by atoms with E-state index in [0.717, 1.165) is 16.7 Å². The summed E-state index contributed by atoms with van der Waals surface area (Å²) in [6, 6.07) is 1.81. The quantitative estimate of drug-likeness (QED) is 0.425. The van der Waals surface area contributed by atoms with Crippen molar-refractivity contribution in [3.05, 3.63) is 47.5 Å². The molecule has 0 radical (unpaired) electrons. The number of cyclic esters (lactones) is 1. The lowest BCUT2D eigenvalue weighted by atomic mass is 9.52. The number of ketones is 1. The van der Waals surface area contributed by atoms with E-state index in [1.807, 2.05) is 32.1 Å². The zero-order valence-electron chi connectivity index (χ0n) is 22.0. The largest absolute Gasteiger partial charge is 0.472 e. The summed E-state index contributed by atoms with van der Waals surface area (Å²) < 4.78 is 22.0. The molecule has 1 aromatic heterocycles. The number of fused-ring (bicyclic) bond motifs is 5. The number of carbonyl (C=O) groups is 4. The van der Waals surface area contributed by atoms with Crippen LogP contribution in [0.5, 0.6) is 0 Å². The Morgan fingerprint density at radius 3 is 2.59 bits per heavy atom. The van der Waals surface area contributed by atoms with Crippen molar-refractivity contribution >= 4 is 23.7 Å². The number of hydrogen-bond donors (Lipinski definition) is 0. The fraction of sp³-hybridized carbons (Fsp3) is 0.586. The third-order valence-corrected chi connectivity index (χ3v) is 9.74. The van der Waals surface area contributed by atoms with Crippen LogP contribution in [-0.2, 0) is 33.4 Å². The number of allylic oxidation sites excluding steroid dienone is 2. The van der Waals surface area contributed by atoms with Gasteiger partial charge in [-0.2, -0.15) is 0 Å². The van der Waals surface area contributed by atoms with E-state index in [1.165, 1.54) is 14.0 Å². The Morgan fingerprint density at radius 1 is 1.19 bits per heavy atom. The molecule has 0 amide bonds. The molecule has 1 aromatic rings. The Labute approximate surface area is 216 Å². The van der Waals surface area contributed by atoms with Gasteiger partial charge >= 0.3 is 17.9 Å². The Morgan fingerprint density at radius 2 is 1.95 bits per heavy atom. The number of esters is 3. The number of Topliss-reactive ketones (excluding diaryl/α,β-unsaturated/α-hetero) is 1. The minimum Gasteiger partial charge on any atom is -0.472 e. The summed E-state index contributed by atoms with van der Waals surface area (Å²) in [5.41, 5.74) is 0.463. The van der Waals surface area contributed by atoms with E-state index in [1.54, 1.807) is 12.5 Å². The summed E-state index contributed by atoms with van der Waals surface area (Å²) >= 11 is 0. The molecular formula is C29H34O8. The normalized spacial score (nSPS) is 39.6. The van der Waals surface area contributed by atoms with E-state index in [-0.39, 0.29) is 36.9 Å². The fourth-order valence-corrected chi connectivity index (χ4v) is 7.76. The summed E-state index contributed by atoms with van der Waals surface area (Å²) in [5.74, 6) is -1.78. The van der Waals surface area contributed by atoms with Crippen LogP contribution in [0.2, 0.25) is 0 Å². The summed E-state index contributed by atoms with van der Waals surface area (Å²) in [4.78, 5) is 51.6. The molecule has 3 aliphatic carbocycles. The van der Waals surface area contributed by atoms with Crippen LogP contribution in [0.25, 0.3) is 0 Å². The second-order valence-electron chi connectivity index (χ2n) is 11.7. The van der Waals surface area contributed by atoms with Crippen molar-refractivity contribution in [1.82, 2.24) is 0 Å². The number of furan rings is 1. The lowest BCUT2D eigenvalue weighted by Gasteiger charge is -2.53. The first-order chi connectivity index (χ1) is 17.4. The van der Waals surface area contributed by atoms with Crippen LogP contribution in [0, 0.1) is 28.1 Å². The standard InChI is InChI=1S/C29H34O8/c1-16(30)36-23-7-6-18-19(29(4)21(13-24(32)34-5)28(23,3)14-22(29)31)8-10-27(2)20(18)12-25(33)37-26(27)17-9-11-35-15-17/h6-7,9,11,15,19,21,23,26H,8,10,12-14H2,1-5H3/b7-6-. The molecule has 198 valence electrons. The second kappa shape index (κ2) is 8.71. The van der Waals surface area contributed by atoms with Crippen molar-refractivity contribution in [3.8, 4) is 0 Å². The molecule has 7 unspecified atom stereocenters. The van der Waals surface area contributed by atoms with E-state index >= 15 is 0 Å². The average molecular weight is 511 g/mol. The Kier molecular flexibility index (Phi) is 6.00. The number of carbonyl (C=O) groups excluding carboxylic acids is 4. The van der Waals surface area contributed by atoms with E-state index in [0.29, 0.717) is 12.8 Å². The fourth-order valence-electron chi connectivity index (χ4n) is 7.76. The second-order valence-corrected chi connectivity index (χ2v) is 11.7. The van der Waals surface area contributed by atoms with Crippen molar-refractivity contribution in [3.63, 3.8) is 0 Å². The van der Waals surface area contributed by atoms with Crippen molar-refractivity contribution in [1.29, 1.82) is 0 Å². The molecule has 1 aliphatic heterocycles. The van der Waals surface area contributed by atoms with E-state index in [4.69, 9.17) is 18.6 Å². The van der Waals surface area contributed by atoms with Crippen LogP contribution in [0.3, 0.4) is 0 Å². The van der Waals surface area contributed by atoms with Gasteiger partial charge in [-0.25, -0.2) is 0 Å². The molecule has 5 rings (SSSR count). The third kappa shape index (κ3) is 3.70. The van der Waals surface area contributed by atoms with Gasteiger partial charge in [-0.15, -0.1) is 0 Å². The van der Waals surface area contributed by atoms with Crippen molar-refractivity contribution in [2.24, 2.45) is 28.1 Å². The maximum Gasteiger partial charge on any atom is 0.310 e. The van der Waals surface area contributed by atoms with E-state index in [9.17, 15) is 19.2 Å². The molecular weight excluding hydrogens is 476 g/mol. The van der Waals surface area contributed by atoms with Crippen LogP contribution in [0.15, 0.2) is 46.3 Å². The zero-order chi connectivity index (χ0) is 26.8. The third-order valence-electron chi connectivity index (χ3n) is 9.74. The molecule has 0 N–H and O–H groups in total. The molecule has 4 aliphatic rings. The highest BCUT2D eigenvalue weighted by molar-refractivity contribution is 5.91. The molecule has 0 spiro atoms. The smallest absolute Gasteiger partial charge is 0.310 e. The van der Waals surface area contributed by atoms with Crippen LogP contribution in [0.1, 0.15) is 71.5 Å². The minimum absolute atomic E-state index is 0.0386. The Hall–Kier alpha value is -3.16. The van der Waals surface area contributed by atoms with Gasteiger partial charge in [-0.05, 0) is 48.0 Å². The van der Waals surface area contributed by atoms with E-state index in [2.05, 4.69) is 6.92 Å². The zero-order valence-corrected chi connectivity index (χ0v) is 22.0. The molecule has 8 heteroatoms. The van der Waals surface area contributed by atoms with E-state index < -0.39 is 46.3 Å². The minimum atomic E-state index is -0.901. The topological polar surface area (TPSA) is 109 Å². The van der Waals surface area contributed by atoms with Crippen molar-refractivity contribution in [2.45, 2.75) is 72.0 Å². The monoisotopic (exact) mass is 510 g/mol. The first-order valence-electron chi connectivity index (χ1n) is 12.9. The van der Waals surface area contributed by atoms with Gasteiger partial charge in [0.05, 0.1) is 26.1 Å². The molecule has 2 heterocycles. The molecule has 8 nitrogen and oxygen atoms in total. The molecule has 1 saturated carbocycles. The highest BCUT2D eigenvalue weighted by Crippen LogP contribution is 2.66. The predicted octanol–water partition coefficient (Wildman–Crippen LogP) is 4.65. The molecule has 2 bridgehead atoms. The van der Waals surface area contributed by atoms with Crippen molar-refractivity contribution in [2.75, 3.05) is 7.11 Å². The van der Waals surface area contributed by atoms with Gasteiger partial charge in [0, 0.05) is 41.6 Å².